The molecule has 0 amide bonds. The molecule has 1 aliphatic rings. The molecule has 0 aromatic rings. The van der Waals surface area contributed by atoms with Crippen LogP contribution < -0.4 is 12.4 Å². The van der Waals surface area contributed by atoms with Crippen molar-refractivity contribution in [1.29, 1.82) is 0 Å². The molecule has 0 spiro atoms. The van der Waals surface area contributed by atoms with Crippen molar-refractivity contribution in [3.8, 4) is 0 Å². The third-order valence-corrected chi connectivity index (χ3v) is 11.5. The van der Waals surface area contributed by atoms with Crippen LogP contribution in [0.4, 0.5) is 0 Å². The van der Waals surface area contributed by atoms with Gasteiger partial charge in [-0.05, 0) is 57.7 Å². The average molecular weight is 760 g/mol. The Morgan fingerprint density at radius 3 is 1.32 bits per heavy atom. The van der Waals surface area contributed by atoms with Crippen LogP contribution in [0, 0.1) is 6.92 Å². The summed E-state index contributed by atoms with van der Waals surface area (Å²) in [5.74, 6) is 2.10. The molecule has 1 fully saturated rings. The third kappa shape index (κ3) is 85.7. The second-order valence-electron chi connectivity index (χ2n) is 11.1. The zero-order valence-electron chi connectivity index (χ0n) is 27.8. The van der Waals surface area contributed by atoms with Gasteiger partial charge in [0.25, 0.3) is 0 Å². The molecule has 11 heteroatoms. The van der Waals surface area contributed by atoms with Gasteiger partial charge in [0.05, 0.1) is 8.07 Å². The average Bonchev–Trinajstić information content (AvgIpc) is 3.35. The van der Waals surface area contributed by atoms with Gasteiger partial charge in [0.15, 0.2) is 7.38 Å². The van der Waals surface area contributed by atoms with E-state index in [0.29, 0.717) is 5.88 Å². The van der Waals surface area contributed by atoms with Crippen LogP contribution in [0.1, 0.15) is 46.5 Å². The van der Waals surface area contributed by atoms with Crippen molar-refractivity contribution in [2.75, 3.05) is 30.9 Å². The number of hydrogen-bond acceptors (Lipinski definition) is 1. The van der Waals surface area contributed by atoms with Crippen LogP contribution >= 0.6 is 57.0 Å². The molecular weight excluding hydrogens is 698 g/mol. The number of hydrogen-bond donors (Lipinski definition) is 0. The Balaban J connectivity index is -0.0000000731. The Bertz CT molecular complexity index is 555. The first-order valence-electron chi connectivity index (χ1n) is 13.8. The van der Waals surface area contributed by atoms with E-state index in [-0.39, 0.29) is 35.5 Å². The minimum atomic E-state index is -1.29. The van der Waals surface area contributed by atoms with E-state index < -0.39 is 23.6 Å². The second kappa shape index (κ2) is 41.9. The monoisotopic (exact) mass is 756 g/mol. The SMILES string of the molecule is C1CCOC1.C=C(C)C[Si](C)(CCCCl)CC(=C)C.C=C([CH2-])C.C=CCCl.C[SiH](C)Cl.C[Si](C)(Cl)CCCCl.[Cl-].[Mg+2]. The molecule has 0 aromatic heterocycles. The van der Waals surface area contributed by atoms with Crippen molar-refractivity contribution in [2.45, 2.75) is 103 Å². The molecule has 1 saturated heterocycles. The summed E-state index contributed by atoms with van der Waals surface area (Å²) < 4.78 is 4.94. The smallest absolute Gasteiger partial charge is 1.00 e. The van der Waals surface area contributed by atoms with E-state index in [0.717, 1.165) is 49.4 Å². The summed E-state index contributed by atoms with van der Waals surface area (Å²) in [6.45, 7) is 37.3. The Hall–Kier alpha value is 1.95. The van der Waals surface area contributed by atoms with Crippen molar-refractivity contribution in [3.63, 3.8) is 0 Å². The number of allylic oxidation sites excluding steroid dienone is 4. The Kier molecular flexibility index (Phi) is 59.8. The molecular formula is C30H62Cl6MgOSi3. The maximum atomic E-state index is 5.99. The molecule has 0 aromatic carbocycles. The number of halogens is 6. The standard InChI is InChI=1S/C12H23ClSi.C5H12Cl2Si.C4H8O.C4H7.C3H5Cl.C2H7ClSi.ClH.Mg/c1-11(2)9-14(5,8-6-7-13)10-12(3)4;1-8(2,7)5-3-4-6;1-2-4-5-3-1;1-4(2)3;1-2-3-4;1-4(2)3;;/h1,3,6-10H2,2,4-5H3;3-5H2,1-2H3;1-4H2;1-2H2,3H3;2H,1,3H2;4H,1-2H3;1H;/q;;;-1;;;;+2/p-1. The van der Waals surface area contributed by atoms with Gasteiger partial charge in [0.1, 0.15) is 8.11 Å². The molecule has 1 rings (SSSR count). The zero-order valence-corrected chi connectivity index (χ0v) is 36.9. The van der Waals surface area contributed by atoms with E-state index in [1.54, 1.807) is 6.08 Å². The quantitative estimate of drug-likeness (QED) is 0.0671. The van der Waals surface area contributed by atoms with Crippen LogP contribution in [0.3, 0.4) is 0 Å². The summed E-state index contributed by atoms with van der Waals surface area (Å²) in [4.78, 5) is 0. The maximum absolute atomic E-state index is 5.99. The molecule has 1 heterocycles. The summed E-state index contributed by atoms with van der Waals surface area (Å²) in [6.07, 6.45) is 6.41. The number of rotatable bonds is 11. The summed E-state index contributed by atoms with van der Waals surface area (Å²) in [7, 11) is -3.14. The van der Waals surface area contributed by atoms with Crippen LogP contribution in [0.2, 0.25) is 56.9 Å². The van der Waals surface area contributed by atoms with Crippen molar-refractivity contribution >= 4 is 104 Å². The predicted molar refractivity (Wildman–Crippen MR) is 206 cm³/mol. The van der Waals surface area contributed by atoms with E-state index >= 15 is 0 Å². The Labute approximate surface area is 308 Å². The van der Waals surface area contributed by atoms with Gasteiger partial charge in [-0.25, -0.2) is 19.1 Å². The predicted octanol–water partition coefficient (Wildman–Crippen LogP) is 9.34. The largest absolute Gasteiger partial charge is 2.00 e. The molecule has 0 saturated carbocycles. The Morgan fingerprint density at radius 2 is 1.17 bits per heavy atom. The molecule has 0 N–H and O–H groups in total. The van der Waals surface area contributed by atoms with Crippen LogP contribution in [0.5, 0.6) is 0 Å². The van der Waals surface area contributed by atoms with E-state index in [1.807, 2.05) is 6.92 Å². The molecule has 1 aliphatic heterocycles. The van der Waals surface area contributed by atoms with Crippen molar-refractivity contribution in [2.24, 2.45) is 0 Å². The topological polar surface area (TPSA) is 9.23 Å². The van der Waals surface area contributed by atoms with Crippen LogP contribution in [-0.2, 0) is 4.74 Å². The van der Waals surface area contributed by atoms with Gasteiger partial charge in [0.2, 0.25) is 0 Å². The molecule has 0 bridgehead atoms. The van der Waals surface area contributed by atoms with Gasteiger partial charge in [-0.15, -0.1) is 54.5 Å². The van der Waals surface area contributed by atoms with E-state index in [9.17, 15) is 0 Å². The van der Waals surface area contributed by atoms with Gasteiger partial charge >= 0.3 is 23.1 Å². The molecule has 244 valence electrons. The molecule has 0 unspecified atom stereocenters. The normalized spacial score (nSPS) is 11.3. The number of alkyl halides is 3. The first kappa shape index (κ1) is 58.5. The maximum Gasteiger partial charge on any atom is 2.00 e. The third-order valence-electron chi connectivity index (χ3n) is 4.21. The summed E-state index contributed by atoms with van der Waals surface area (Å²) in [5.41, 5.74) is 3.55. The van der Waals surface area contributed by atoms with Gasteiger partial charge in [0, 0.05) is 30.9 Å². The fourth-order valence-electron chi connectivity index (χ4n) is 3.19. The van der Waals surface area contributed by atoms with Crippen molar-refractivity contribution in [1.82, 2.24) is 0 Å². The first-order chi connectivity index (χ1) is 17.8. The van der Waals surface area contributed by atoms with Gasteiger partial charge < -0.3 is 17.1 Å². The van der Waals surface area contributed by atoms with Crippen molar-refractivity contribution in [3.05, 3.63) is 56.0 Å². The molecule has 41 heavy (non-hydrogen) atoms. The molecule has 0 radical (unpaired) electrons. The second-order valence-corrected chi connectivity index (χ2v) is 28.7. The summed E-state index contributed by atoms with van der Waals surface area (Å²) >= 11 is 27.7. The summed E-state index contributed by atoms with van der Waals surface area (Å²) in [5, 5.41) is 0. The minimum Gasteiger partial charge on any atom is -1.00 e. The van der Waals surface area contributed by atoms with E-state index in [2.05, 4.69) is 79.8 Å². The van der Waals surface area contributed by atoms with Crippen molar-refractivity contribution < 1.29 is 17.1 Å². The first-order valence-corrected chi connectivity index (χ1v) is 26.8. The molecule has 1 nitrogen and oxygen atoms in total. The molecule has 0 atom stereocenters. The number of ether oxygens (including phenoxy) is 1. The van der Waals surface area contributed by atoms with Crippen LogP contribution in [0.15, 0.2) is 49.1 Å². The molecule has 0 aliphatic carbocycles. The fourth-order valence-corrected chi connectivity index (χ4v) is 9.74. The Morgan fingerprint density at radius 1 is 0.878 bits per heavy atom. The van der Waals surface area contributed by atoms with E-state index in [1.165, 1.54) is 42.1 Å². The van der Waals surface area contributed by atoms with Crippen LogP contribution in [0.25, 0.3) is 0 Å². The van der Waals surface area contributed by atoms with E-state index in [4.69, 9.17) is 61.7 Å². The van der Waals surface area contributed by atoms with Gasteiger partial charge in [-0.2, -0.15) is 22.2 Å². The van der Waals surface area contributed by atoms with Crippen LogP contribution in [-0.4, -0.2) is 77.5 Å². The zero-order chi connectivity index (χ0) is 31.9. The minimum absolute atomic E-state index is 0. The fraction of sp³-hybridized carbons (Fsp3) is 0.700. The van der Waals surface area contributed by atoms with Gasteiger partial charge in [-0.1, -0.05) is 62.9 Å². The summed E-state index contributed by atoms with van der Waals surface area (Å²) in [6, 6.07) is 4.88. The van der Waals surface area contributed by atoms with Gasteiger partial charge in [-0.3, -0.25) is 0 Å².